The first kappa shape index (κ1) is 19.4. The molecule has 1 amide bonds. The molecule has 0 aromatic carbocycles. The van der Waals surface area contributed by atoms with Crippen LogP contribution in [0.5, 0.6) is 0 Å². The summed E-state index contributed by atoms with van der Waals surface area (Å²) in [7, 11) is 0. The zero-order valence-corrected chi connectivity index (χ0v) is 17.3. The van der Waals surface area contributed by atoms with E-state index in [9.17, 15) is 4.79 Å². The summed E-state index contributed by atoms with van der Waals surface area (Å²) in [6.07, 6.45) is 11.3. The highest BCUT2D eigenvalue weighted by Crippen LogP contribution is 2.33. The molecule has 0 radical (unpaired) electrons. The van der Waals surface area contributed by atoms with Crippen molar-refractivity contribution in [2.45, 2.75) is 77.2 Å². The van der Waals surface area contributed by atoms with Crippen LogP contribution in [0.1, 0.15) is 76.7 Å². The summed E-state index contributed by atoms with van der Waals surface area (Å²) < 4.78 is 0. The van der Waals surface area contributed by atoms with Gasteiger partial charge in [0.05, 0.1) is 11.0 Å². The third-order valence-electron chi connectivity index (χ3n) is 6.72. The van der Waals surface area contributed by atoms with Gasteiger partial charge in [0.1, 0.15) is 5.82 Å². The Morgan fingerprint density at radius 1 is 1.18 bits per heavy atom. The molecular weight excluding hydrogens is 348 g/mol. The van der Waals surface area contributed by atoms with E-state index >= 15 is 0 Å². The number of nitrogens with zero attached hydrogens (tertiary/aromatic N) is 2. The minimum Gasteiger partial charge on any atom is -0.360 e. The fourth-order valence-electron chi connectivity index (χ4n) is 4.97. The van der Waals surface area contributed by atoms with E-state index in [2.05, 4.69) is 35.2 Å². The van der Waals surface area contributed by atoms with Crippen molar-refractivity contribution in [3.63, 3.8) is 0 Å². The maximum absolute atomic E-state index is 12.5. The summed E-state index contributed by atoms with van der Waals surface area (Å²) in [5.74, 6) is 1.89. The average Bonchev–Trinajstić information content (AvgIpc) is 3.12. The topological polar surface area (TPSA) is 61.0 Å². The van der Waals surface area contributed by atoms with Gasteiger partial charge in [-0.15, -0.1) is 0 Å². The molecule has 5 heteroatoms. The molecule has 0 atom stereocenters. The van der Waals surface area contributed by atoms with Crippen molar-refractivity contribution in [3.8, 4) is 0 Å². The van der Waals surface area contributed by atoms with Crippen LogP contribution in [0.15, 0.2) is 18.3 Å². The van der Waals surface area contributed by atoms with Gasteiger partial charge in [-0.1, -0.05) is 19.3 Å². The predicted molar refractivity (Wildman–Crippen MR) is 115 cm³/mol. The van der Waals surface area contributed by atoms with Gasteiger partial charge in [0.2, 0.25) is 5.91 Å². The van der Waals surface area contributed by atoms with Crippen LogP contribution in [-0.4, -0.2) is 39.9 Å². The molecular formula is C23H34N4O. The minimum absolute atomic E-state index is 0.112. The summed E-state index contributed by atoms with van der Waals surface area (Å²) in [5.41, 5.74) is 3.40. The van der Waals surface area contributed by atoms with Crippen LogP contribution in [0.25, 0.3) is 11.0 Å². The van der Waals surface area contributed by atoms with Gasteiger partial charge in [0, 0.05) is 18.7 Å². The minimum atomic E-state index is 0.112. The normalized spacial score (nSPS) is 20.1. The summed E-state index contributed by atoms with van der Waals surface area (Å²) in [4.78, 5) is 23.2. The number of carbonyl (C=O) groups excluding carboxylic acids is 1. The molecule has 2 fully saturated rings. The Labute approximate surface area is 168 Å². The monoisotopic (exact) mass is 382 g/mol. The number of pyridine rings is 1. The van der Waals surface area contributed by atoms with Crippen molar-refractivity contribution in [2.24, 2.45) is 5.92 Å². The standard InChI is InChI=1S/C23H34N4O/c1-16(2)27-12-10-18(11-13-27)19-15-24-20-8-9-21(26-23(19)20)25-22(28)14-17-6-4-3-5-7-17/h8-9,15-18,24H,3-7,10-14H2,1-2H3,(H,25,26,28). The number of hydrogen-bond donors (Lipinski definition) is 2. The Morgan fingerprint density at radius 3 is 2.64 bits per heavy atom. The lowest BCUT2D eigenvalue weighted by atomic mass is 9.87. The largest absolute Gasteiger partial charge is 0.360 e. The molecule has 0 bridgehead atoms. The van der Waals surface area contributed by atoms with Crippen LogP contribution in [-0.2, 0) is 4.79 Å². The van der Waals surface area contributed by atoms with Crippen molar-refractivity contribution in [1.82, 2.24) is 14.9 Å². The number of piperidine rings is 1. The van der Waals surface area contributed by atoms with E-state index in [1.165, 1.54) is 50.5 Å². The van der Waals surface area contributed by atoms with Gasteiger partial charge in [-0.3, -0.25) is 4.79 Å². The van der Waals surface area contributed by atoms with E-state index in [1.807, 2.05) is 12.1 Å². The quantitative estimate of drug-likeness (QED) is 0.760. The molecule has 0 spiro atoms. The van der Waals surface area contributed by atoms with E-state index in [4.69, 9.17) is 4.98 Å². The molecule has 152 valence electrons. The van der Waals surface area contributed by atoms with Gasteiger partial charge < -0.3 is 15.2 Å². The summed E-state index contributed by atoms with van der Waals surface area (Å²) >= 11 is 0. The van der Waals surface area contributed by atoms with Crippen LogP contribution in [0.3, 0.4) is 0 Å². The predicted octanol–water partition coefficient (Wildman–Crippen LogP) is 5.06. The van der Waals surface area contributed by atoms with Crippen LogP contribution < -0.4 is 5.32 Å². The second-order valence-corrected chi connectivity index (χ2v) is 9.00. The summed E-state index contributed by atoms with van der Waals surface area (Å²) in [6.45, 7) is 6.84. The molecule has 1 saturated heterocycles. The highest BCUT2D eigenvalue weighted by atomic mass is 16.1. The zero-order valence-electron chi connectivity index (χ0n) is 17.3. The van der Waals surface area contributed by atoms with Gasteiger partial charge in [-0.25, -0.2) is 4.98 Å². The molecule has 2 N–H and O–H groups in total. The lowest BCUT2D eigenvalue weighted by molar-refractivity contribution is -0.117. The lowest BCUT2D eigenvalue weighted by Crippen LogP contribution is -2.37. The number of amides is 1. The summed E-state index contributed by atoms with van der Waals surface area (Å²) in [5, 5.41) is 3.05. The molecule has 2 aliphatic rings. The fourth-order valence-corrected chi connectivity index (χ4v) is 4.97. The molecule has 1 saturated carbocycles. The average molecular weight is 383 g/mol. The van der Waals surface area contributed by atoms with Crippen LogP contribution in [0.2, 0.25) is 0 Å². The second kappa shape index (κ2) is 8.64. The molecule has 4 rings (SSSR count). The van der Waals surface area contributed by atoms with Crippen LogP contribution in [0, 0.1) is 5.92 Å². The van der Waals surface area contributed by atoms with Gasteiger partial charge in [-0.2, -0.15) is 0 Å². The number of aromatic nitrogens is 2. The number of hydrogen-bond acceptors (Lipinski definition) is 3. The number of fused-ring (bicyclic) bond motifs is 1. The first-order valence-electron chi connectivity index (χ1n) is 11.1. The highest BCUT2D eigenvalue weighted by molar-refractivity contribution is 5.91. The smallest absolute Gasteiger partial charge is 0.225 e. The Bertz CT molecular complexity index is 798. The Kier molecular flexibility index (Phi) is 6.00. The number of nitrogens with one attached hydrogen (secondary N) is 2. The van der Waals surface area contributed by atoms with Gasteiger partial charge in [-0.05, 0) is 82.2 Å². The number of H-pyrrole nitrogens is 1. The number of aromatic amines is 1. The Hall–Kier alpha value is -1.88. The molecule has 1 aliphatic carbocycles. The van der Waals surface area contributed by atoms with E-state index in [0.29, 0.717) is 30.1 Å². The zero-order chi connectivity index (χ0) is 19.5. The van der Waals surface area contributed by atoms with E-state index < -0.39 is 0 Å². The van der Waals surface area contributed by atoms with Crippen molar-refractivity contribution >= 4 is 22.8 Å². The third kappa shape index (κ3) is 4.40. The first-order valence-corrected chi connectivity index (χ1v) is 11.1. The molecule has 5 nitrogen and oxygen atoms in total. The van der Waals surface area contributed by atoms with Crippen LogP contribution in [0.4, 0.5) is 5.82 Å². The van der Waals surface area contributed by atoms with Crippen LogP contribution >= 0.6 is 0 Å². The van der Waals surface area contributed by atoms with Crippen molar-refractivity contribution in [3.05, 3.63) is 23.9 Å². The van der Waals surface area contributed by atoms with E-state index in [-0.39, 0.29) is 5.91 Å². The summed E-state index contributed by atoms with van der Waals surface area (Å²) in [6, 6.07) is 4.58. The van der Waals surface area contributed by atoms with E-state index in [0.717, 1.165) is 24.1 Å². The van der Waals surface area contributed by atoms with Crippen molar-refractivity contribution in [1.29, 1.82) is 0 Å². The van der Waals surface area contributed by atoms with E-state index in [1.54, 1.807) is 0 Å². The van der Waals surface area contributed by atoms with Gasteiger partial charge in [0.15, 0.2) is 0 Å². The molecule has 28 heavy (non-hydrogen) atoms. The van der Waals surface area contributed by atoms with Gasteiger partial charge in [0.25, 0.3) is 0 Å². The Balaban J connectivity index is 1.43. The third-order valence-corrected chi connectivity index (χ3v) is 6.72. The number of anilines is 1. The lowest BCUT2D eigenvalue weighted by Gasteiger charge is -2.34. The SMILES string of the molecule is CC(C)N1CCC(c2c[nH]c3ccc(NC(=O)CC4CCCCC4)nc23)CC1. The maximum Gasteiger partial charge on any atom is 0.225 e. The molecule has 3 heterocycles. The fraction of sp³-hybridized carbons (Fsp3) is 0.652. The molecule has 2 aromatic rings. The first-order chi connectivity index (χ1) is 13.6. The maximum atomic E-state index is 12.5. The highest BCUT2D eigenvalue weighted by Gasteiger charge is 2.25. The number of carbonyl (C=O) groups is 1. The Morgan fingerprint density at radius 2 is 1.93 bits per heavy atom. The van der Waals surface area contributed by atoms with Gasteiger partial charge >= 0.3 is 0 Å². The molecule has 0 unspecified atom stereocenters. The second-order valence-electron chi connectivity index (χ2n) is 9.00. The molecule has 1 aliphatic heterocycles. The molecule has 2 aromatic heterocycles. The van der Waals surface area contributed by atoms with Crippen molar-refractivity contribution in [2.75, 3.05) is 18.4 Å². The number of rotatable bonds is 5. The number of likely N-dealkylation sites (tertiary alicyclic amines) is 1. The van der Waals surface area contributed by atoms with Crippen molar-refractivity contribution < 1.29 is 4.79 Å².